The first kappa shape index (κ1) is 11.1. The van der Waals surface area contributed by atoms with E-state index in [1.807, 2.05) is 6.07 Å². The SMILES string of the molecule is O=C(NCN1CCCCC1)c1ccccn1. The van der Waals surface area contributed by atoms with Gasteiger partial charge in [0.1, 0.15) is 5.69 Å². The van der Waals surface area contributed by atoms with E-state index in [1.165, 1.54) is 19.3 Å². The molecule has 0 atom stereocenters. The second-order valence-corrected chi connectivity index (χ2v) is 4.06. The fourth-order valence-electron chi connectivity index (χ4n) is 1.89. The highest BCUT2D eigenvalue weighted by Gasteiger charge is 2.11. The van der Waals surface area contributed by atoms with E-state index in [0.717, 1.165) is 13.1 Å². The third-order valence-corrected chi connectivity index (χ3v) is 2.81. The van der Waals surface area contributed by atoms with Crippen molar-refractivity contribution in [1.29, 1.82) is 0 Å². The normalized spacial score (nSPS) is 17.0. The van der Waals surface area contributed by atoms with Crippen molar-refractivity contribution in [3.63, 3.8) is 0 Å². The van der Waals surface area contributed by atoms with E-state index < -0.39 is 0 Å². The number of likely N-dealkylation sites (tertiary alicyclic amines) is 1. The van der Waals surface area contributed by atoms with Crippen LogP contribution in [0.15, 0.2) is 24.4 Å². The Morgan fingerprint density at radius 3 is 2.81 bits per heavy atom. The summed E-state index contributed by atoms with van der Waals surface area (Å²) in [5, 5.41) is 2.89. The number of nitrogens with zero attached hydrogens (tertiary/aromatic N) is 2. The minimum Gasteiger partial charge on any atom is -0.338 e. The van der Waals surface area contributed by atoms with Gasteiger partial charge in [0, 0.05) is 6.20 Å². The summed E-state index contributed by atoms with van der Waals surface area (Å²) in [5.74, 6) is -0.0915. The number of hydrogen-bond acceptors (Lipinski definition) is 3. The summed E-state index contributed by atoms with van der Waals surface area (Å²) in [7, 11) is 0. The first-order valence-corrected chi connectivity index (χ1v) is 5.78. The summed E-state index contributed by atoms with van der Waals surface area (Å²) < 4.78 is 0. The number of carbonyl (C=O) groups is 1. The molecule has 1 N–H and O–H groups in total. The number of piperidine rings is 1. The van der Waals surface area contributed by atoms with Crippen LogP contribution in [0.4, 0.5) is 0 Å². The fraction of sp³-hybridized carbons (Fsp3) is 0.500. The zero-order chi connectivity index (χ0) is 11.2. The molecule has 1 aromatic heterocycles. The van der Waals surface area contributed by atoms with Crippen LogP contribution in [0, 0.1) is 0 Å². The van der Waals surface area contributed by atoms with Crippen LogP contribution in [0.2, 0.25) is 0 Å². The largest absolute Gasteiger partial charge is 0.338 e. The Hall–Kier alpha value is -1.42. The summed E-state index contributed by atoms with van der Waals surface area (Å²) in [4.78, 5) is 18.0. The summed E-state index contributed by atoms with van der Waals surface area (Å²) in [6.45, 7) is 2.81. The van der Waals surface area contributed by atoms with Crippen molar-refractivity contribution in [3.05, 3.63) is 30.1 Å². The molecule has 1 aliphatic rings. The molecule has 1 aromatic rings. The Balaban J connectivity index is 1.79. The van der Waals surface area contributed by atoms with Gasteiger partial charge in [-0.15, -0.1) is 0 Å². The number of pyridine rings is 1. The summed E-state index contributed by atoms with van der Waals surface area (Å²) >= 11 is 0. The molecule has 1 saturated heterocycles. The van der Waals surface area contributed by atoms with E-state index >= 15 is 0 Å². The van der Waals surface area contributed by atoms with Crippen molar-refractivity contribution >= 4 is 5.91 Å². The standard InChI is InChI=1S/C12H17N3O/c16-12(11-6-2-3-7-13-11)14-10-15-8-4-1-5-9-15/h2-3,6-7H,1,4-5,8-10H2,(H,14,16). The molecule has 0 aromatic carbocycles. The molecule has 86 valence electrons. The number of hydrogen-bond donors (Lipinski definition) is 1. The first-order chi connectivity index (χ1) is 7.86. The third kappa shape index (κ3) is 3.03. The van der Waals surface area contributed by atoms with Crippen LogP contribution in [0.1, 0.15) is 29.8 Å². The molecule has 1 aliphatic heterocycles. The van der Waals surface area contributed by atoms with Gasteiger partial charge < -0.3 is 5.32 Å². The lowest BCUT2D eigenvalue weighted by atomic mass is 10.1. The van der Waals surface area contributed by atoms with Gasteiger partial charge in [0.15, 0.2) is 0 Å². The highest BCUT2D eigenvalue weighted by atomic mass is 16.2. The molecule has 1 amide bonds. The molecule has 0 saturated carbocycles. The summed E-state index contributed by atoms with van der Waals surface area (Å²) in [5.41, 5.74) is 0.486. The molecular weight excluding hydrogens is 202 g/mol. The smallest absolute Gasteiger partial charge is 0.270 e. The molecule has 2 heterocycles. The Labute approximate surface area is 95.7 Å². The van der Waals surface area contributed by atoms with Gasteiger partial charge in [-0.3, -0.25) is 14.7 Å². The van der Waals surface area contributed by atoms with Gasteiger partial charge in [0.2, 0.25) is 0 Å². The maximum absolute atomic E-state index is 11.7. The molecular formula is C12H17N3O. The molecule has 0 aliphatic carbocycles. The van der Waals surface area contributed by atoms with E-state index in [4.69, 9.17) is 0 Å². The minimum atomic E-state index is -0.0915. The predicted octanol–water partition coefficient (Wildman–Crippen LogP) is 1.25. The van der Waals surface area contributed by atoms with Gasteiger partial charge in [-0.1, -0.05) is 12.5 Å². The van der Waals surface area contributed by atoms with E-state index in [0.29, 0.717) is 12.4 Å². The van der Waals surface area contributed by atoms with Crippen molar-refractivity contribution < 1.29 is 4.79 Å². The van der Waals surface area contributed by atoms with Crippen molar-refractivity contribution in [2.75, 3.05) is 19.8 Å². The highest BCUT2D eigenvalue weighted by molar-refractivity contribution is 5.92. The molecule has 1 fully saturated rings. The van der Waals surface area contributed by atoms with Crippen molar-refractivity contribution in [3.8, 4) is 0 Å². The van der Waals surface area contributed by atoms with Gasteiger partial charge in [-0.2, -0.15) is 0 Å². The maximum Gasteiger partial charge on any atom is 0.270 e. The molecule has 0 unspecified atom stereocenters. The zero-order valence-electron chi connectivity index (χ0n) is 9.35. The summed E-state index contributed by atoms with van der Waals surface area (Å²) in [6, 6.07) is 5.36. The first-order valence-electron chi connectivity index (χ1n) is 5.78. The second-order valence-electron chi connectivity index (χ2n) is 4.06. The molecule has 0 radical (unpaired) electrons. The Morgan fingerprint density at radius 1 is 1.31 bits per heavy atom. The van der Waals surface area contributed by atoms with Crippen LogP contribution in [0.3, 0.4) is 0 Å². The van der Waals surface area contributed by atoms with Gasteiger partial charge >= 0.3 is 0 Å². The van der Waals surface area contributed by atoms with Crippen LogP contribution in [-0.4, -0.2) is 35.5 Å². The van der Waals surface area contributed by atoms with Crippen LogP contribution in [-0.2, 0) is 0 Å². The fourth-order valence-corrected chi connectivity index (χ4v) is 1.89. The minimum absolute atomic E-state index is 0.0915. The van der Waals surface area contributed by atoms with Crippen molar-refractivity contribution in [1.82, 2.24) is 15.2 Å². The lowest BCUT2D eigenvalue weighted by molar-refractivity contribution is 0.0909. The Bertz CT molecular complexity index is 333. The number of nitrogens with one attached hydrogen (secondary N) is 1. The van der Waals surface area contributed by atoms with Gasteiger partial charge in [0.05, 0.1) is 6.67 Å². The van der Waals surface area contributed by atoms with Crippen LogP contribution < -0.4 is 5.32 Å². The van der Waals surface area contributed by atoms with Gasteiger partial charge in [-0.05, 0) is 38.1 Å². The maximum atomic E-state index is 11.7. The number of aromatic nitrogens is 1. The number of amides is 1. The highest BCUT2D eigenvalue weighted by Crippen LogP contribution is 2.07. The average molecular weight is 219 g/mol. The number of rotatable bonds is 3. The molecule has 16 heavy (non-hydrogen) atoms. The van der Waals surface area contributed by atoms with E-state index in [-0.39, 0.29) is 5.91 Å². The molecule has 4 nitrogen and oxygen atoms in total. The lowest BCUT2D eigenvalue weighted by Crippen LogP contribution is -2.40. The van der Waals surface area contributed by atoms with E-state index in [2.05, 4.69) is 15.2 Å². The third-order valence-electron chi connectivity index (χ3n) is 2.81. The van der Waals surface area contributed by atoms with Crippen LogP contribution in [0.25, 0.3) is 0 Å². The van der Waals surface area contributed by atoms with Crippen LogP contribution >= 0.6 is 0 Å². The monoisotopic (exact) mass is 219 g/mol. The quantitative estimate of drug-likeness (QED) is 0.832. The molecule has 2 rings (SSSR count). The van der Waals surface area contributed by atoms with E-state index in [1.54, 1.807) is 18.3 Å². The number of carbonyl (C=O) groups excluding carboxylic acids is 1. The lowest BCUT2D eigenvalue weighted by Gasteiger charge is -2.26. The Kier molecular flexibility index (Phi) is 3.88. The van der Waals surface area contributed by atoms with Crippen molar-refractivity contribution in [2.45, 2.75) is 19.3 Å². The van der Waals surface area contributed by atoms with Gasteiger partial charge in [-0.25, -0.2) is 0 Å². The van der Waals surface area contributed by atoms with Gasteiger partial charge in [0.25, 0.3) is 5.91 Å². The Morgan fingerprint density at radius 2 is 2.12 bits per heavy atom. The predicted molar refractivity (Wildman–Crippen MR) is 62.0 cm³/mol. The molecule has 0 spiro atoms. The van der Waals surface area contributed by atoms with Crippen molar-refractivity contribution in [2.24, 2.45) is 0 Å². The van der Waals surface area contributed by atoms with E-state index in [9.17, 15) is 4.79 Å². The molecule has 4 heteroatoms. The zero-order valence-corrected chi connectivity index (χ0v) is 9.35. The second kappa shape index (κ2) is 5.61. The topological polar surface area (TPSA) is 45.2 Å². The average Bonchev–Trinajstić information content (AvgIpc) is 2.38. The van der Waals surface area contributed by atoms with Crippen LogP contribution in [0.5, 0.6) is 0 Å². The molecule has 0 bridgehead atoms. The summed E-state index contributed by atoms with van der Waals surface area (Å²) in [6.07, 6.45) is 5.42.